The van der Waals surface area contributed by atoms with E-state index >= 15 is 0 Å². The minimum Gasteiger partial charge on any atom is -0.380 e. The number of allylic oxidation sites excluding steroid dienone is 8. The standard InChI is InChI=1S/C35H47N5O/c1-6-9-15-30(25-37-4)31-18-13-20-33(29-17-12-16-28(24-29)27(7-2)26-39(5)8-3)38-35(31)32(36)19-10-11-22-40-23-14-21-34(40)41/h7,12-13,15-18,24-26,36H,2,6,8-11,14,19-23H2,1,3-5H3/b27-26+,30-15+,36-32?,37-25?. The van der Waals surface area contributed by atoms with Crippen LogP contribution in [0.3, 0.4) is 0 Å². The molecule has 2 aliphatic heterocycles. The van der Waals surface area contributed by atoms with E-state index in [0.29, 0.717) is 30.7 Å². The van der Waals surface area contributed by atoms with Gasteiger partial charge >= 0.3 is 0 Å². The fourth-order valence-corrected chi connectivity index (χ4v) is 5.04. The molecule has 1 saturated heterocycles. The average molecular weight is 554 g/mol. The number of hydrogen-bond donors (Lipinski definition) is 1. The van der Waals surface area contributed by atoms with E-state index in [4.69, 9.17) is 10.4 Å². The highest BCUT2D eigenvalue weighted by molar-refractivity contribution is 6.09. The van der Waals surface area contributed by atoms with Crippen LogP contribution in [-0.2, 0) is 4.79 Å². The van der Waals surface area contributed by atoms with E-state index in [-0.39, 0.29) is 5.91 Å². The minimum atomic E-state index is 0.260. The quantitative estimate of drug-likeness (QED) is 0.140. The number of unbranched alkanes of at least 4 members (excludes halogenated alkanes) is 2. The lowest BCUT2D eigenvalue weighted by molar-refractivity contribution is -0.127. The molecule has 3 rings (SSSR count). The molecule has 0 aliphatic carbocycles. The molecule has 1 N–H and O–H groups in total. The van der Waals surface area contributed by atoms with E-state index in [9.17, 15) is 4.79 Å². The number of nitrogens with one attached hydrogen (secondary N) is 1. The lowest BCUT2D eigenvalue weighted by atomic mass is 9.98. The van der Waals surface area contributed by atoms with Gasteiger partial charge in [0.25, 0.3) is 0 Å². The molecular weight excluding hydrogens is 506 g/mol. The topological polar surface area (TPSA) is 72.1 Å². The molecule has 41 heavy (non-hydrogen) atoms. The molecule has 0 bridgehead atoms. The summed E-state index contributed by atoms with van der Waals surface area (Å²) in [6, 6.07) is 8.44. The first kappa shape index (κ1) is 31.7. The fraction of sp³-hybridized carbons (Fsp3) is 0.429. The predicted octanol–water partition coefficient (Wildman–Crippen LogP) is 7.41. The SMILES string of the molecule is C=C/C(=C\N(C)CC)c1cccc(C2=NC(C(=N)CCCCN3CCCC3=O)=C(/C(C=NC)=C/CCC)C=CC2)c1. The van der Waals surface area contributed by atoms with Crippen LogP contribution in [0.1, 0.15) is 76.3 Å². The molecule has 2 heterocycles. The van der Waals surface area contributed by atoms with Crippen molar-refractivity contribution >= 4 is 29.1 Å². The van der Waals surface area contributed by atoms with Crippen molar-refractivity contribution in [2.75, 3.05) is 33.7 Å². The minimum absolute atomic E-state index is 0.260. The summed E-state index contributed by atoms with van der Waals surface area (Å²) in [5.74, 6) is 0.260. The maximum atomic E-state index is 12.0. The molecule has 0 unspecified atom stereocenters. The molecular formula is C35H47N5O. The zero-order valence-electron chi connectivity index (χ0n) is 25.5. The molecule has 0 spiro atoms. The molecule has 0 saturated carbocycles. The molecule has 1 aromatic rings. The van der Waals surface area contributed by atoms with Gasteiger partial charge in [-0.3, -0.25) is 9.79 Å². The van der Waals surface area contributed by atoms with Crippen LogP contribution in [0.4, 0.5) is 0 Å². The van der Waals surface area contributed by atoms with Gasteiger partial charge in [0, 0.05) is 64.6 Å². The summed E-state index contributed by atoms with van der Waals surface area (Å²) in [5.41, 5.74) is 7.33. The monoisotopic (exact) mass is 553 g/mol. The fourth-order valence-electron chi connectivity index (χ4n) is 5.04. The van der Waals surface area contributed by atoms with Crippen LogP contribution < -0.4 is 0 Å². The molecule has 6 heteroatoms. The number of hydrogen-bond acceptors (Lipinski definition) is 5. The van der Waals surface area contributed by atoms with Crippen molar-refractivity contribution in [1.29, 1.82) is 5.41 Å². The normalized spacial score (nSPS) is 16.4. The van der Waals surface area contributed by atoms with Crippen LogP contribution in [-0.4, -0.2) is 67.1 Å². The highest BCUT2D eigenvalue weighted by Crippen LogP contribution is 2.27. The summed E-state index contributed by atoms with van der Waals surface area (Å²) in [6.45, 7) is 10.9. The Morgan fingerprint density at radius 3 is 2.76 bits per heavy atom. The number of nitrogens with zero attached hydrogens (tertiary/aromatic N) is 4. The highest BCUT2D eigenvalue weighted by Gasteiger charge is 2.20. The summed E-state index contributed by atoms with van der Waals surface area (Å²) in [5, 5.41) is 9.15. The van der Waals surface area contributed by atoms with E-state index < -0.39 is 0 Å². The second-order valence-electron chi connectivity index (χ2n) is 10.6. The zero-order chi connectivity index (χ0) is 29.6. The Hall–Kier alpha value is -3.80. The second-order valence-corrected chi connectivity index (χ2v) is 10.6. The van der Waals surface area contributed by atoms with Crippen LogP contribution in [0, 0.1) is 5.41 Å². The third kappa shape index (κ3) is 9.10. The van der Waals surface area contributed by atoms with Crippen molar-refractivity contribution in [3.63, 3.8) is 0 Å². The van der Waals surface area contributed by atoms with Crippen molar-refractivity contribution in [2.24, 2.45) is 9.98 Å². The van der Waals surface area contributed by atoms with Gasteiger partial charge in [-0.1, -0.05) is 62.4 Å². The Bertz CT molecular complexity index is 1280. The number of likely N-dealkylation sites (tertiary alicyclic amines) is 1. The summed E-state index contributed by atoms with van der Waals surface area (Å²) >= 11 is 0. The van der Waals surface area contributed by atoms with Gasteiger partial charge in [0.1, 0.15) is 0 Å². The largest absolute Gasteiger partial charge is 0.380 e. The van der Waals surface area contributed by atoms with Crippen LogP contribution in [0.5, 0.6) is 0 Å². The van der Waals surface area contributed by atoms with Crippen molar-refractivity contribution in [1.82, 2.24) is 9.80 Å². The van der Waals surface area contributed by atoms with Crippen molar-refractivity contribution in [2.45, 2.75) is 65.2 Å². The Balaban J connectivity index is 1.97. The van der Waals surface area contributed by atoms with E-state index in [1.807, 2.05) is 17.2 Å². The van der Waals surface area contributed by atoms with Gasteiger partial charge in [-0.2, -0.15) is 0 Å². The highest BCUT2D eigenvalue weighted by atomic mass is 16.2. The first-order valence-corrected chi connectivity index (χ1v) is 15.0. The van der Waals surface area contributed by atoms with Gasteiger partial charge in [0.2, 0.25) is 5.91 Å². The van der Waals surface area contributed by atoms with E-state index in [1.165, 1.54) is 0 Å². The van der Waals surface area contributed by atoms with Gasteiger partial charge < -0.3 is 15.2 Å². The van der Waals surface area contributed by atoms with Crippen molar-refractivity contribution in [3.8, 4) is 0 Å². The third-order valence-corrected chi connectivity index (χ3v) is 7.50. The first-order valence-electron chi connectivity index (χ1n) is 15.0. The number of aliphatic imine (C=N–C) groups is 2. The van der Waals surface area contributed by atoms with Crippen molar-refractivity contribution < 1.29 is 4.79 Å². The number of rotatable bonds is 15. The van der Waals surface area contributed by atoms with Gasteiger partial charge in [-0.15, -0.1) is 0 Å². The number of carbonyl (C=O) groups excluding carboxylic acids is 1. The lowest BCUT2D eigenvalue weighted by Gasteiger charge is -2.16. The summed E-state index contributed by atoms with van der Waals surface area (Å²) in [6.07, 6.45) is 19.0. The molecule has 218 valence electrons. The second kappa shape index (κ2) is 16.5. The smallest absolute Gasteiger partial charge is 0.222 e. The number of carbonyl (C=O) groups is 1. The lowest BCUT2D eigenvalue weighted by Crippen LogP contribution is -2.25. The van der Waals surface area contributed by atoms with Crippen LogP contribution in [0.15, 0.2) is 88.2 Å². The summed E-state index contributed by atoms with van der Waals surface area (Å²) in [4.78, 5) is 25.6. The van der Waals surface area contributed by atoms with E-state index in [0.717, 1.165) is 85.3 Å². The Morgan fingerprint density at radius 2 is 2.07 bits per heavy atom. The van der Waals surface area contributed by atoms with Crippen molar-refractivity contribution in [3.05, 3.63) is 89.3 Å². The third-order valence-electron chi connectivity index (χ3n) is 7.50. The maximum absolute atomic E-state index is 12.0. The Morgan fingerprint density at radius 1 is 1.24 bits per heavy atom. The predicted molar refractivity (Wildman–Crippen MR) is 175 cm³/mol. The van der Waals surface area contributed by atoms with Gasteiger partial charge in [-0.25, -0.2) is 4.99 Å². The molecule has 2 aliphatic rings. The van der Waals surface area contributed by atoms with E-state index in [1.54, 1.807) is 7.05 Å². The molecule has 1 aromatic carbocycles. The summed E-state index contributed by atoms with van der Waals surface area (Å²) < 4.78 is 0. The van der Waals surface area contributed by atoms with Gasteiger partial charge in [0.05, 0.1) is 17.1 Å². The molecule has 0 atom stereocenters. The number of amides is 1. The molecule has 0 radical (unpaired) electrons. The first-order chi connectivity index (χ1) is 19.9. The van der Waals surface area contributed by atoms with Gasteiger partial charge in [0.15, 0.2) is 0 Å². The molecule has 6 nitrogen and oxygen atoms in total. The van der Waals surface area contributed by atoms with Gasteiger partial charge in [-0.05, 0) is 67.4 Å². The van der Waals surface area contributed by atoms with Crippen LogP contribution in [0.2, 0.25) is 0 Å². The molecule has 0 aromatic heterocycles. The van der Waals surface area contributed by atoms with Crippen LogP contribution >= 0.6 is 0 Å². The number of benzene rings is 1. The maximum Gasteiger partial charge on any atom is 0.222 e. The van der Waals surface area contributed by atoms with E-state index in [2.05, 4.69) is 86.1 Å². The summed E-state index contributed by atoms with van der Waals surface area (Å²) in [7, 11) is 3.84. The molecule has 1 amide bonds. The Kier molecular flexibility index (Phi) is 12.7. The zero-order valence-corrected chi connectivity index (χ0v) is 25.5. The molecule has 1 fully saturated rings. The average Bonchev–Trinajstić information content (AvgIpc) is 3.26. The Labute approximate surface area is 247 Å². The van der Waals surface area contributed by atoms with Crippen LogP contribution in [0.25, 0.3) is 5.57 Å².